The quantitative estimate of drug-likeness (QED) is 0.0230. The Morgan fingerprint density at radius 3 is 1.08 bits per heavy atom. The average molecular weight is 1500 g/mol. The van der Waals surface area contributed by atoms with E-state index in [9.17, 15) is 88.7 Å². The van der Waals surface area contributed by atoms with E-state index >= 15 is 0 Å². The minimum absolute atomic E-state index is 0.0758. The number of phosphoric acid groups is 3. The van der Waals surface area contributed by atoms with Crippen molar-refractivity contribution in [3.05, 3.63) is 0 Å². The molecule has 1 rings (SSSR count). The molecule has 0 bridgehead atoms. The van der Waals surface area contributed by atoms with Gasteiger partial charge in [0, 0.05) is 65.8 Å². The average Bonchev–Trinajstić information content (AvgIpc) is 0.814. The molecular weight excluding hydrogens is 1380 g/mol. The maximum atomic E-state index is 12.7. The number of aliphatic hydroxyl groups excluding tert-OH is 9. The van der Waals surface area contributed by atoms with Gasteiger partial charge in [0.2, 0.25) is 17.7 Å². The van der Waals surface area contributed by atoms with Crippen molar-refractivity contribution in [3.8, 4) is 0 Å². The highest BCUT2D eigenvalue weighted by Crippen LogP contribution is 2.45. The highest BCUT2D eigenvalue weighted by Gasteiger charge is 2.45. The molecule has 0 aromatic carbocycles. The van der Waals surface area contributed by atoms with Crippen molar-refractivity contribution in [2.45, 2.75) is 225 Å². The summed E-state index contributed by atoms with van der Waals surface area (Å²) in [6, 6.07) is -2.99. The van der Waals surface area contributed by atoms with E-state index in [0.29, 0.717) is 77.0 Å². The number of aliphatic hydroxyl groups is 9. The van der Waals surface area contributed by atoms with Crippen molar-refractivity contribution < 1.29 is 158 Å². The molecule has 39 heteroatoms. The van der Waals surface area contributed by atoms with Gasteiger partial charge in [0.05, 0.1) is 105 Å². The first-order valence-electron chi connectivity index (χ1n) is 33.9. The molecule has 1 fully saturated rings. The van der Waals surface area contributed by atoms with Crippen LogP contribution in [0.5, 0.6) is 0 Å². The number of phosphoric ester groups is 3. The molecule has 3 amide bonds. The Bertz CT molecular complexity index is 2150. The first kappa shape index (κ1) is 95.0. The molecule has 1 aliphatic rings. The minimum atomic E-state index is -4.44. The lowest BCUT2D eigenvalue weighted by atomic mass is 9.79. The number of carbonyl (C=O) groups is 3. The van der Waals surface area contributed by atoms with E-state index < -0.39 is 159 Å². The lowest BCUT2D eigenvalue weighted by Gasteiger charge is -2.42. The van der Waals surface area contributed by atoms with Crippen molar-refractivity contribution in [2.24, 2.45) is 11.3 Å². The van der Waals surface area contributed by atoms with Crippen LogP contribution in [-0.4, -0.2) is 290 Å². The Balaban J connectivity index is 2.73. The smallest absolute Gasteiger partial charge is 0.394 e. The van der Waals surface area contributed by atoms with Crippen LogP contribution >= 0.6 is 23.5 Å². The van der Waals surface area contributed by atoms with E-state index in [0.717, 1.165) is 0 Å². The van der Waals surface area contributed by atoms with Crippen LogP contribution in [0.1, 0.15) is 145 Å². The monoisotopic (exact) mass is 1500 g/mol. The topological polar surface area (TPSA) is 520 Å². The summed E-state index contributed by atoms with van der Waals surface area (Å²) >= 11 is 0. The van der Waals surface area contributed by atoms with Crippen LogP contribution in [0.3, 0.4) is 0 Å². The third-order valence-corrected chi connectivity index (χ3v) is 18.4. The first-order valence-corrected chi connectivity index (χ1v) is 38.4. The van der Waals surface area contributed by atoms with Crippen LogP contribution in [0, 0.1) is 11.3 Å². The summed E-state index contributed by atoms with van der Waals surface area (Å²) in [5.41, 5.74) is -0.807. The van der Waals surface area contributed by atoms with Gasteiger partial charge in [0.15, 0.2) is 18.9 Å². The molecule has 1 heterocycles. The maximum absolute atomic E-state index is 12.7. The molecule has 0 aliphatic carbocycles. The van der Waals surface area contributed by atoms with Crippen molar-refractivity contribution in [1.82, 2.24) is 16.0 Å². The van der Waals surface area contributed by atoms with E-state index in [2.05, 4.69) is 16.0 Å². The SMILES string of the molecule is CC(=O)NC1C(OCCCCCCOP(=O)(O)OCCCOCC(COCCCOP(=O)(O)OCCCCCCOC(OC(CO)[C@@H](C)O)[C@H](CO)NC(C)=O)(COCCCOP(=O)(O)OCCCCCCOC(OC(CO)[C@@H](C)O)[C@H](CO)NC(C)=O)C(C)C)OC(CO)C(O)C1O. The summed E-state index contributed by atoms with van der Waals surface area (Å²) in [6.07, 6.45) is -4.86. The highest BCUT2D eigenvalue weighted by atomic mass is 31.2. The van der Waals surface area contributed by atoms with Gasteiger partial charge in [0.25, 0.3) is 0 Å². The zero-order valence-electron chi connectivity index (χ0n) is 58.6. The van der Waals surface area contributed by atoms with Crippen molar-refractivity contribution in [2.75, 3.05) is 132 Å². The Hall–Kier alpha value is -1.98. The Morgan fingerprint density at radius 1 is 0.455 bits per heavy atom. The number of unbranched alkanes of at least 4 members (excludes halogenated alkanes) is 9. The molecule has 1 aliphatic heterocycles. The number of rotatable bonds is 65. The molecule has 0 aromatic heterocycles. The molecule has 16 atom stereocenters. The number of amides is 3. The molecule has 36 nitrogen and oxygen atoms in total. The predicted octanol–water partition coefficient (Wildman–Crippen LogP) is 1.09. The van der Waals surface area contributed by atoms with Gasteiger partial charge in [0.1, 0.15) is 48.6 Å². The van der Waals surface area contributed by atoms with E-state index in [-0.39, 0.29) is 124 Å². The van der Waals surface area contributed by atoms with E-state index in [1.54, 1.807) is 0 Å². The van der Waals surface area contributed by atoms with Crippen LogP contribution in [0.25, 0.3) is 0 Å². The number of hydrogen-bond donors (Lipinski definition) is 15. The maximum Gasteiger partial charge on any atom is 0.472 e. The number of nitrogens with one attached hydrogen (secondary N) is 3. The van der Waals surface area contributed by atoms with Gasteiger partial charge in [-0.2, -0.15) is 0 Å². The molecule has 0 aromatic rings. The lowest BCUT2D eigenvalue weighted by Crippen LogP contribution is -2.64. The highest BCUT2D eigenvalue weighted by molar-refractivity contribution is 7.47. The fourth-order valence-corrected chi connectivity index (χ4v) is 11.8. The Kier molecular flexibility index (Phi) is 52.4. The summed E-state index contributed by atoms with van der Waals surface area (Å²) in [5, 5.41) is 96.3. The van der Waals surface area contributed by atoms with Gasteiger partial charge in [-0.15, -0.1) is 0 Å². The summed E-state index contributed by atoms with van der Waals surface area (Å²) < 4.78 is 121. The fourth-order valence-electron chi connectivity index (χ4n) is 9.40. The van der Waals surface area contributed by atoms with Crippen molar-refractivity contribution in [3.63, 3.8) is 0 Å². The van der Waals surface area contributed by atoms with Crippen LogP contribution in [0.15, 0.2) is 0 Å². The molecule has 0 spiro atoms. The van der Waals surface area contributed by atoms with Gasteiger partial charge < -0.3 is 119 Å². The zero-order valence-corrected chi connectivity index (χ0v) is 61.3. The van der Waals surface area contributed by atoms with Gasteiger partial charge in [-0.3, -0.25) is 41.5 Å². The van der Waals surface area contributed by atoms with Crippen molar-refractivity contribution in [1.29, 1.82) is 0 Å². The second kappa shape index (κ2) is 54.6. The van der Waals surface area contributed by atoms with Crippen LogP contribution in [-0.2, 0) is 97.9 Å². The summed E-state index contributed by atoms with van der Waals surface area (Å²) in [5.74, 6) is -1.52. The van der Waals surface area contributed by atoms with Crippen LogP contribution in [0.4, 0.5) is 0 Å². The van der Waals surface area contributed by atoms with E-state index in [1.807, 2.05) is 13.8 Å². The molecule has 588 valence electrons. The van der Waals surface area contributed by atoms with Crippen molar-refractivity contribution >= 4 is 41.2 Å². The van der Waals surface area contributed by atoms with Gasteiger partial charge in [-0.05, 0) is 77.6 Å². The Morgan fingerprint density at radius 2 is 0.788 bits per heavy atom. The zero-order chi connectivity index (χ0) is 74.3. The van der Waals surface area contributed by atoms with E-state index in [4.69, 9.17) is 69.8 Å². The molecule has 0 radical (unpaired) electrons. The minimum Gasteiger partial charge on any atom is -0.394 e. The second-order valence-electron chi connectivity index (χ2n) is 24.3. The summed E-state index contributed by atoms with van der Waals surface area (Å²) in [7, 11) is -13.3. The number of carbonyl (C=O) groups excluding carboxylic acids is 3. The molecule has 15 N–H and O–H groups in total. The molecule has 99 heavy (non-hydrogen) atoms. The largest absolute Gasteiger partial charge is 0.472 e. The van der Waals surface area contributed by atoms with Gasteiger partial charge in [-0.1, -0.05) is 52.4 Å². The number of hydrogen-bond acceptors (Lipinski definition) is 30. The van der Waals surface area contributed by atoms with Crippen LogP contribution in [0.2, 0.25) is 0 Å². The third-order valence-electron chi connectivity index (χ3n) is 15.3. The Labute approximate surface area is 581 Å². The predicted molar refractivity (Wildman–Crippen MR) is 352 cm³/mol. The molecule has 0 saturated carbocycles. The van der Waals surface area contributed by atoms with Gasteiger partial charge >= 0.3 is 23.5 Å². The fraction of sp³-hybridized carbons (Fsp3) is 0.950. The summed E-state index contributed by atoms with van der Waals surface area (Å²) in [4.78, 5) is 66.0. The van der Waals surface area contributed by atoms with Gasteiger partial charge in [-0.25, -0.2) is 13.7 Å². The standard InChI is InChI=1S/C60H120N3O33P3/c1-43(2)60(40-82-23-20-32-91-97(76,77)88-29-17-11-8-14-26-85-57(49(35-64)61-46(5)71)94-51(37-66)44(3)69,41-83-24-21-33-92-98(78,79)89-30-18-12-9-15-27-86-58(50(36-65)62-47(6)72)95-52(38-67)45(4)70)42-84-25-22-34-93-99(80,81)90-31-19-13-10-16-28-87-59-54(63-48(7)73)56(75)55(74)53(39-68)96-59/h43-45,49-59,64-70,74-75H,8-42H2,1-7H3,(H,61,71)(H,62,72)(H,63,73)(H,76,77)(H,78,79)(H,80,81)/t44-,45-,49+,50+,51?,52?,53?,54?,55?,56?,57?,58?,59?,60?/m1/s1. The normalized spacial score (nSPS) is 21.6. The third kappa shape index (κ3) is 43.9. The van der Waals surface area contributed by atoms with E-state index in [1.165, 1.54) is 34.6 Å². The summed E-state index contributed by atoms with van der Waals surface area (Å²) in [6.45, 7) is 7.73. The number of ether oxygens (including phenoxy) is 9. The molecule has 1 saturated heterocycles. The lowest BCUT2D eigenvalue weighted by molar-refractivity contribution is -0.270. The van der Waals surface area contributed by atoms with Crippen LogP contribution < -0.4 is 16.0 Å². The molecule has 12 unspecified atom stereocenters. The second-order valence-corrected chi connectivity index (χ2v) is 28.7. The molecular formula is C60H120N3O33P3. The first-order chi connectivity index (χ1) is 46.9.